The molecule has 0 radical (unpaired) electrons. The van der Waals surface area contributed by atoms with Crippen molar-refractivity contribution < 1.29 is 20.2 Å². The Hall–Kier alpha value is -1.54. The second kappa shape index (κ2) is 15.7. The monoisotopic (exact) mass is 156 g/mol. The van der Waals surface area contributed by atoms with Gasteiger partial charge in [-0.1, -0.05) is 0 Å². The van der Waals surface area contributed by atoms with Crippen LogP contribution < -0.4 is 23.4 Å². The number of hydrogen-bond acceptors (Lipinski definition) is 3. The van der Waals surface area contributed by atoms with E-state index in [4.69, 9.17) is 14.7 Å². The van der Waals surface area contributed by atoms with Gasteiger partial charge >= 0.3 is 12.1 Å². The molecular weight excluding hydrogens is 144 g/mol. The molecule has 0 rings (SSSR count). The summed E-state index contributed by atoms with van der Waals surface area (Å²) in [5.41, 5.74) is 12.5. The van der Waals surface area contributed by atoms with Crippen LogP contribution in [0.5, 0.6) is 0 Å². The van der Waals surface area contributed by atoms with Crippen molar-refractivity contribution in [2.75, 3.05) is 0 Å². The highest BCUT2D eigenvalue weighted by molar-refractivity contribution is 5.69. The summed E-state index contributed by atoms with van der Waals surface area (Å²) >= 11 is 0. The van der Waals surface area contributed by atoms with Crippen LogP contribution in [0, 0.1) is 0 Å². The Morgan fingerprint density at radius 3 is 1.10 bits per heavy atom. The summed E-state index contributed by atoms with van der Waals surface area (Å²) in [5.74, 6) is 0. The van der Waals surface area contributed by atoms with E-state index in [1.165, 1.54) is 0 Å². The van der Waals surface area contributed by atoms with E-state index in [2.05, 4.69) is 17.2 Å². The number of nitrogens with two attached hydrogens (primary N) is 3. The summed E-state index contributed by atoms with van der Waals surface area (Å²) in [6.07, 6.45) is -1.33. The van der Waals surface area contributed by atoms with Crippen LogP contribution in [0.15, 0.2) is 0 Å². The van der Waals surface area contributed by atoms with Crippen molar-refractivity contribution >= 4 is 12.1 Å². The van der Waals surface area contributed by atoms with Gasteiger partial charge in [0.1, 0.15) is 0 Å². The Labute approximate surface area is 56.9 Å². The Balaban J connectivity index is -0.0000000300. The first kappa shape index (κ1) is 23.7. The number of carbonyl (C=O) groups is 2. The average molecular weight is 156 g/mol. The minimum Gasteiger partial charge on any atom is -0.465 e. The molecule has 0 saturated carbocycles. The van der Waals surface area contributed by atoms with Gasteiger partial charge in [0.05, 0.1) is 0 Å². The van der Waals surface area contributed by atoms with Crippen molar-refractivity contribution in [3.63, 3.8) is 0 Å². The van der Waals surface area contributed by atoms with Crippen molar-refractivity contribution in [1.82, 2.24) is 6.15 Å². The molecule has 0 bridgehead atoms. The summed E-state index contributed by atoms with van der Waals surface area (Å²) in [5, 5.41) is 7.19. The largest absolute Gasteiger partial charge is 0.465 e. The third-order valence-electron chi connectivity index (χ3n) is 0. The van der Waals surface area contributed by atoms with Gasteiger partial charge in [-0.2, -0.15) is 0 Å². The molecule has 0 saturated heterocycles. The van der Waals surface area contributed by atoms with Crippen LogP contribution in [0.4, 0.5) is 9.59 Å². The summed E-state index contributed by atoms with van der Waals surface area (Å²) in [6.45, 7) is 0. The zero-order chi connectivity index (χ0) is 7.15. The van der Waals surface area contributed by atoms with Crippen LogP contribution in [0.25, 0.3) is 0 Å². The highest BCUT2D eigenvalue weighted by atomic mass is 16.4. The first-order valence-corrected chi connectivity index (χ1v) is 1.50. The molecule has 0 aliphatic rings. The Morgan fingerprint density at radius 1 is 1.10 bits per heavy atom. The first-order chi connectivity index (χ1) is 3.46. The molecule has 0 heterocycles. The quantitative estimate of drug-likeness (QED) is 0.269. The summed E-state index contributed by atoms with van der Waals surface area (Å²) in [6, 6.07) is -0.833. The SMILES string of the molecule is N.NC(=O)O.NC(N)=O.O. The van der Waals surface area contributed by atoms with Crippen LogP contribution in [0.1, 0.15) is 0 Å². The van der Waals surface area contributed by atoms with Gasteiger partial charge in [-0.25, -0.2) is 9.59 Å². The van der Waals surface area contributed by atoms with Crippen LogP contribution in [-0.4, -0.2) is 22.7 Å². The summed E-state index contributed by atoms with van der Waals surface area (Å²) in [4.78, 5) is 17.8. The van der Waals surface area contributed by atoms with Crippen molar-refractivity contribution in [3.8, 4) is 0 Å². The maximum atomic E-state index is 9.00. The highest BCUT2D eigenvalue weighted by Gasteiger charge is 1.65. The summed E-state index contributed by atoms with van der Waals surface area (Å²) < 4.78 is 0. The predicted octanol–water partition coefficient (Wildman–Crippen LogP) is -2.02. The van der Waals surface area contributed by atoms with E-state index in [0.29, 0.717) is 0 Å². The van der Waals surface area contributed by atoms with Gasteiger partial charge in [-0.3, -0.25) is 0 Å². The van der Waals surface area contributed by atoms with Gasteiger partial charge in [0.25, 0.3) is 0 Å². The smallest absolute Gasteiger partial charge is 0.402 e. The van der Waals surface area contributed by atoms with E-state index in [0.717, 1.165) is 0 Å². The fraction of sp³-hybridized carbons (Fsp3) is 0. The minimum atomic E-state index is -1.33. The molecule has 12 N–H and O–H groups in total. The number of amides is 3. The van der Waals surface area contributed by atoms with Gasteiger partial charge in [-0.15, -0.1) is 0 Å². The zero-order valence-corrected chi connectivity index (χ0v) is 5.20. The predicted molar refractivity (Wildman–Crippen MR) is 34.6 cm³/mol. The number of rotatable bonds is 0. The molecule has 0 aromatic rings. The Kier molecular flexibility index (Phi) is 37.0. The Morgan fingerprint density at radius 2 is 1.10 bits per heavy atom. The number of hydrogen-bond donors (Lipinski definition) is 5. The molecule has 0 aliphatic heterocycles. The minimum absolute atomic E-state index is 0. The second-order valence-electron chi connectivity index (χ2n) is 0.741. The molecular formula is C2H12N4O4. The van der Waals surface area contributed by atoms with Gasteiger partial charge in [0.2, 0.25) is 0 Å². The standard InChI is InChI=1S/CH4N2O.CH3NO2.H3N.H2O/c2*2-1(3)4;;/h(H4,2,3,4);2H2,(H,3,4);1H3;1H2. The Bertz CT molecular complexity index is 73.3. The van der Waals surface area contributed by atoms with Crippen LogP contribution in [-0.2, 0) is 0 Å². The molecule has 0 atom stereocenters. The van der Waals surface area contributed by atoms with E-state index < -0.39 is 12.1 Å². The lowest BCUT2D eigenvalue weighted by Crippen LogP contribution is -2.18. The van der Waals surface area contributed by atoms with E-state index in [9.17, 15) is 0 Å². The molecule has 64 valence electrons. The van der Waals surface area contributed by atoms with E-state index in [1.54, 1.807) is 0 Å². The lowest BCUT2D eigenvalue weighted by Gasteiger charge is -1.62. The van der Waals surface area contributed by atoms with Gasteiger partial charge in [-0.05, 0) is 0 Å². The molecule has 0 fully saturated rings. The van der Waals surface area contributed by atoms with Gasteiger partial charge < -0.3 is 33.9 Å². The van der Waals surface area contributed by atoms with Gasteiger partial charge in [0.15, 0.2) is 0 Å². The van der Waals surface area contributed by atoms with Gasteiger partial charge in [0, 0.05) is 0 Å². The topological polar surface area (TPSA) is 199 Å². The first-order valence-electron chi connectivity index (χ1n) is 1.50. The van der Waals surface area contributed by atoms with Crippen LogP contribution in [0.3, 0.4) is 0 Å². The molecule has 0 aliphatic carbocycles. The lowest BCUT2D eigenvalue weighted by atomic mass is 11.2. The van der Waals surface area contributed by atoms with Crippen LogP contribution >= 0.6 is 0 Å². The molecule has 10 heavy (non-hydrogen) atoms. The number of urea groups is 1. The molecule has 0 spiro atoms. The second-order valence-corrected chi connectivity index (χ2v) is 0.741. The fourth-order valence-electron chi connectivity index (χ4n) is 0. The van der Waals surface area contributed by atoms with E-state index in [1.807, 2.05) is 0 Å². The maximum Gasteiger partial charge on any atom is 0.402 e. The summed E-state index contributed by atoms with van der Waals surface area (Å²) in [7, 11) is 0. The number of primary amides is 3. The number of carboxylic acid groups (broad SMARTS) is 1. The fourth-order valence-corrected chi connectivity index (χ4v) is 0. The molecule has 8 nitrogen and oxygen atoms in total. The third-order valence-corrected chi connectivity index (χ3v) is 0. The molecule has 0 aromatic carbocycles. The van der Waals surface area contributed by atoms with E-state index in [-0.39, 0.29) is 11.6 Å². The van der Waals surface area contributed by atoms with Crippen molar-refractivity contribution in [3.05, 3.63) is 0 Å². The third kappa shape index (κ3) is 81.2. The normalized spacial score (nSPS) is 4.80. The van der Waals surface area contributed by atoms with Crippen molar-refractivity contribution in [1.29, 1.82) is 0 Å². The lowest BCUT2D eigenvalue weighted by molar-refractivity contribution is 0.205. The molecule has 0 unspecified atom stereocenters. The molecule has 0 aromatic heterocycles. The number of carbonyl (C=O) groups excluding carboxylic acids is 1. The van der Waals surface area contributed by atoms with Crippen LogP contribution in [0.2, 0.25) is 0 Å². The molecule has 3 amide bonds. The van der Waals surface area contributed by atoms with Crippen molar-refractivity contribution in [2.45, 2.75) is 0 Å². The molecule has 8 heteroatoms. The maximum absolute atomic E-state index is 9.00. The highest BCUT2D eigenvalue weighted by Crippen LogP contribution is 1.34. The zero-order valence-electron chi connectivity index (χ0n) is 5.20. The van der Waals surface area contributed by atoms with E-state index >= 15 is 0 Å². The average Bonchev–Trinajstić information content (AvgIpc) is 1.25. The van der Waals surface area contributed by atoms with Crippen molar-refractivity contribution in [2.24, 2.45) is 17.2 Å².